The van der Waals surface area contributed by atoms with E-state index in [1.54, 1.807) is 24.0 Å². The molecule has 0 radical (unpaired) electrons. The van der Waals surface area contributed by atoms with E-state index in [2.05, 4.69) is 13.0 Å². The second-order valence-corrected chi connectivity index (χ2v) is 8.16. The fourth-order valence-electron chi connectivity index (χ4n) is 4.55. The third-order valence-electron chi connectivity index (χ3n) is 6.33. The molecular weight excluding hydrogens is 382 g/mol. The number of carboxylic acids is 1. The van der Waals surface area contributed by atoms with Crippen LogP contribution in [0.4, 0.5) is 0 Å². The fraction of sp³-hybridized carbons (Fsp3) is 0.435. The van der Waals surface area contributed by atoms with E-state index in [1.807, 2.05) is 10.6 Å². The summed E-state index contributed by atoms with van der Waals surface area (Å²) in [4.78, 5) is 26.7. The van der Waals surface area contributed by atoms with E-state index < -0.39 is 11.5 Å². The molecule has 1 aromatic heterocycles. The molecule has 4 rings (SSSR count). The van der Waals surface area contributed by atoms with Crippen LogP contribution in [0.2, 0.25) is 0 Å². The monoisotopic (exact) mass is 407 g/mol. The Hall–Kier alpha value is -3.27. The summed E-state index contributed by atoms with van der Waals surface area (Å²) in [5.74, 6) is -0.832. The minimum Gasteiger partial charge on any atom is -0.496 e. The highest BCUT2D eigenvalue weighted by molar-refractivity contribution is 5.97. The van der Waals surface area contributed by atoms with E-state index in [4.69, 9.17) is 4.74 Å². The van der Waals surface area contributed by atoms with Gasteiger partial charge in [-0.2, -0.15) is 5.26 Å². The number of aromatic carboxylic acids is 1. The van der Waals surface area contributed by atoms with E-state index in [0.29, 0.717) is 37.4 Å². The molecule has 3 heterocycles. The van der Waals surface area contributed by atoms with Crippen molar-refractivity contribution in [1.29, 1.82) is 5.26 Å². The molecule has 1 fully saturated rings. The van der Waals surface area contributed by atoms with Gasteiger partial charge in [-0.15, -0.1) is 0 Å². The van der Waals surface area contributed by atoms with Gasteiger partial charge in [0.25, 0.3) is 5.91 Å². The predicted molar refractivity (Wildman–Crippen MR) is 111 cm³/mol. The predicted octanol–water partition coefficient (Wildman–Crippen LogP) is 3.50. The van der Waals surface area contributed by atoms with Crippen molar-refractivity contribution in [1.82, 2.24) is 9.47 Å². The SMILES string of the molecule is CCCc1cc(C(=O)N2CC[C@]2(C)C#N)n2c1-c1cc(C(=O)O)c(OC)cc1CC2. The van der Waals surface area contributed by atoms with Crippen LogP contribution in [-0.2, 0) is 19.4 Å². The quantitative estimate of drug-likeness (QED) is 0.818. The van der Waals surface area contributed by atoms with E-state index in [1.165, 1.54) is 7.11 Å². The third kappa shape index (κ3) is 2.86. The molecule has 1 amide bonds. The van der Waals surface area contributed by atoms with Crippen LogP contribution in [-0.4, -0.2) is 45.6 Å². The normalized spacial score (nSPS) is 19.3. The Morgan fingerprint density at radius 2 is 2.07 bits per heavy atom. The first kappa shape index (κ1) is 20.0. The molecule has 2 aromatic rings. The number of methoxy groups -OCH3 is 1. The van der Waals surface area contributed by atoms with Crippen LogP contribution in [0.3, 0.4) is 0 Å². The lowest BCUT2D eigenvalue weighted by atomic mass is 9.88. The van der Waals surface area contributed by atoms with Crippen LogP contribution in [0.25, 0.3) is 11.3 Å². The number of hydrogen-bond donors (Lipinski definition) is 1. The molecule has 156 valence electrons. The van der Waals surface area contributed by atoms with Gasteiger partial charge in [0.15, 0.2) is 0 Å². The summed E-state index contributed by atoms with van der Waals surface area (Å²) in [7, 11) is 1.47. The van der Waals surface area contributed by atoms with Crippen LogP contribution >= 0.6 is 0 Å². The van der Waals surface area contributed by atoms with Crippen LogP contribution in [0.15, 0.2) is 18.2 Å². The molecule has 0 bridgehead atoms. The zero-order valence-corrected chi connectivity index (χ0v) is 17.5. The lowest BCUT2D eigenvalue weighted by Crippen LogP contribution is -2.59. The Balaban J connectivity index is 1.87. The highest BCUT2D eigenvalue weighted by atomic mass is 16.5. The van der Waals surface area contributed by atoms with Crippen molar-refractivity contribution in [2.45, 2.75) is 51.6 Å². The molecule has 1 N–H and O–H groups in total. The summed E-state index contributed by atoms with van der Waals surface area (Å²) < 4.78 is 7.30. The number of carbonyl (C=O) groups is 2. The fourth-order valence-corrected chi connectivity index (χ4v) is 4.55. The van der Waals surface area contributed by atoms with Crippen molar-refractivity contribution in [3.05, 3.63) is 40.6 Å². The molecule has 1 aromatic carbocycles. The van der Waals surface area contributed by atoms with Gasteiger partial charge in [0.05, 0.1) is 18.9 Å². The average Bonchev–Trinajstić information content (AvgIpc) is 3.10. The summed E-state index contributed by atoms with van der Waals surface area (Å²) in [5.41, 5.74) is 3.73. The Morgan fingerprint density at radius 3 is 2.63 bits per heavy atom. The van der Waals surface area contributed by atoms with Gasteiger partial charge >= 0.3 is 5.97 Å². The first-order chi connectivity index (χ1) is 14.3. The number of ether oxygens (including phenoxy) is 1. The molecule has 30 heavy (non-hydrogen) atoms. The molecule has 1 atom stereocenters. The number of hydrogen-bond acceptors (Lipinski definition) is 4. The number of nitrogens with zero attached hydrogens (tertiary/aromatic N) is 3. The van der Waals surface area contributed by atoms with Gasteiger partial charge in [-0.25, -0.2) is 4.79 Å². The summed E-state index contributed by atoms with van der Waals surface area (Å²) in [6.07, 6.45) is 3.04. The molecule has 0 aliphatic carbocycles. The Labute approximate surface area is 175 Å². The zero-order chi connectivity index (χ0) is 21.6. The van der Waals surface area contributed by atoms with Gasteiger partial charge in [-0.3, -0.25) is 4.79 Å². The van der Waals surface area contributed by atoms with E-state index in [9.17, 15) is 20.0 Å². The smallest absolute Gasteiger partial charge is 0.339 e. The second-order valence-electron chi connectivity index (χ2n) is 8.16. The standard InChI is InChI=1S/C23H25N3O4/c1-4-5-15-10-18(21(27)26-9-7-23(26,2)13-24)25-8-6-14-11-19(30-3)17(22(28)29)12-16(14)20(15)25/h10-12H,4-9H2,1-3H3,(H,28,29)/t23-/m1/s1. The number of aryl methyl sites for hydroxylation is 2. The molecule has 0 spiro atoms. The van der Waals surface area contributed by atoms with Crippen LogP contribution in [0.5, 0.6) is 5.75 Å². The Morgan fingerprint density at radius 1 is 1.30 bits per heavy atom. The summed E-state index contributed by atoms with van der Waals surface area (Å²) in [6, 6.07) is 7.65. The van der Waals surface area contributed by atoms with Gasteiger partial charge in [0.1, 0.15) is 22.5 Å². The van der Waals surface area contributed by atoms with Gasteiger partial charge in [-0.1, -0.05) is 13.3 Å². The van der Waals surface area contributed by atoms with Crippen molar-refractivity contribution in [2.24, 2.45) is 0 Å². The lowest BCUT2D eigenvalue weighted by Gasteiger charge is -2.45. The highest BCUT2D eigenvalue weighted by Crippen LogP contribution is 2.40. The van der Waals surface area contributed by atoms with Crippen molar-refractivity contribution in [3.63, 3.8) is 0 Å². The molecule has 0 unspecified atom stereocenters. The molecular formula is C23H25N3O4. The minimum atomic E-state index is -1.04. The van der Waals surface area contributed by atoms with Crippen LogP contribution in [0.1, 0.15) is 58.7 Å². The third-order valence-corrected chi connectivity index (χ3v) is 6.33. The highest BCUT2D eigenvalue weighted by Gasteiger charge is 2.45. The van der Waals surface area contributed by atoms with E-state index in [-0.39, 0.29) is 11.5 Å². The number of likely N-dealkylation sites (tertiary alicyclic amines) is 1. The zero-order valence-electron chi connectivity index (χ0n) is 17.5. The van der Waals surface area contributed by atoms with Gasteiger partial charge < -0.3 is 19.3 Å². The number of nitriles is 1. The van der Waals surface area contributed by atoms with Crippen LogP contribution in [0, 0.1) is 11.3 Å². The lowest BCUT2D eigenvalue weighted by molar-refractivity contribution is 0.0293. The first-order valence-electron chi connectivity index (χ1n) is 10.2. The van der Waals surface area contributed by atoms with E-state index >= 15 is 0 Å². The summed E-state index contributed by atoms with van der Waals surface area (Å²) in [6.45, 7) is 5.07. The maximum atomic E-state index is 13.3. The van der Waals surface area contributed by atoms with Gasteiger partial charge in [-0.05, 0) is 49.1 Å². The second kappa shape index (κ2) is 7.21. The summed E-state index contributed by atoms with van der Waals surface area (Å²) >= 11 is 0. The maximum absolute atomic E-state index is 13.3. The Bertz CT molecular complexity index is 1090. The molecule has 0 saturated carbocycles. The van der Waals surface area contributed by atoms with Crippen molar-refractivity contribution >= 4 is 11.9 Å². The molecule has 7 nitrogen and oxygen atoms in total. The maximum Gasteiger partial charge on any atom is 0.339 e. The average molecular weight is 407 g/mol. The Kier molecular flexibility index (Phi) is 4.81. The number of carboxylic acid groups (broad SMARTS) is 1. The molecule has 1 saturated heterocycles. The summed E-state index contributed by atoms with van der Waals surface area (Å²) in [5, 5.41) is 19.1. The number of rotatable bonds is 5. The first-order valence-corrected chi connectivity index (χ1v) is 10.2. The van der Waals surface area contributed by atoms with Crippen LogP contribution < -0.4 is 4.74 Å². The van der Waals surface area contributed by atoms with Gasteiger partial charge in [0, 0.05) is 25.1 Å². The minimum absolute atomic E-state index is 0.112. The number of fused-ring (bicyclic) bond motifs is 3. The topological polar surface area (TPSA) is 95.6 Å². The van der Waals surface area contributed by atoms with E-state index in [0.717, 1.165) is 35.2 Å². The molecule has 7 heteroatoms. The van der Waals surface area contributed by atoms with Crippen molar-refractivity contribution < 1.29 is 19.4 Å². The molecule has 2 aliphatic heterocycles. The molecule has 2 aliphatic rings. The number of amides is 1. The van der Waals surface area contributed by atoms with Crippen molar-refractivity contribution in [3.8, 4) is 23.1 Å². The number of carbonyl (C=O) groups excluding carboxylic acids is 1. The largest absolute Gasteiger partial charge is 0.496 e. The van der Waals surface area contributed by atoms with Gasteiger partial charge in [0.2, 0.25) is 0 Å². The van der Waals surface area contributed by atoms with Crippen molar-refractivity contribution in [2.75, 3.05) is 13.7 Å². The number of aromatic nitrogens is 1. The number of benzene rings is 1.